The third-order valence-corrected chi connectivity index (χ3v) is 5.33. The summed E-state index contributed by atoms with van der Waals surface area (Å²) in [7, 11) is 1.40. The number of hydrogen-bond donors (Lipinski definition) is 1. The molecule has 0 radical (unpaired) electrons. The summed E-state index contributed by atoms with van der Waals surface area (Å²) in [5.41, 5.74) is 4.89. The number of carboxylic acid groups (broad SMARTS) is 1. The topological polar surface area (TPSA) is 82.1 Å². The second-order valence-corrected chi connectivity index (χ2v) is 10.4. The van der Waals surface area contributed by atoms with Gasteiger partial charge in [-0.15, -0.1) is 0 Å². The molecule has 0 amide bonds. The highest BCUT2D eigenvalue weighted by Crippen LogP contribution is 2.26. The molecule has 1 N–H and O–H groups in total. The van der Waals surface area contributed by atoms with Crippen LogP contribution in [0.1, 0.15) is 98.4 Å². The highest BCUT2D eigenvalue weighted by atomic mass is 16.5. The van der Waals surface area contributed by atoms with Crippen molar-refractivity contribution in [2.45, 2.75) is 79.4 Å². The Morgan fingerprint density at radius 3 is 1.46 bits per heavy atom. The number of ether oxygens (including phenoxy) is 3. The summed E-state index contributed by atoms with van der Waals surface area (Å²) in [5.74, 6) is -1.20. The van der Waals surface area contributed by atoms with Crippen molar-refractivity contribution < 1.29 is 28.9 Å². The monoisotopic (exact) mass is 486 g/mol. The summed E-state index contributed by atoms with van der Waals surface area (Å²) in [6.45, 7) is 18.7. The SMILES string of the molecule is CCOCc1cc(C(=O)O)cc(C(C)(C)C)c1.CCOCc1cc(C(=O)OC)cc(C(C)(C)C)c1. The van der Waals surface area contributed by atoms with Crippen molar-refractivity contribution in [3.8, 4) is 0 Å². The lowest BCUT2D eigenvalue weighted by Crippen LogP contribution is -2.14. The molecule has 0 saturated heterocycles. The molecule has 6 heteroatoms. The van der Waals surface area contributed by atoms with E-state index >= 15 is 0 Å². The fraction of sp³-hybridized carbons (Fsp3) is 0.517. The van der Waals surface area contributed by atoms with E-state index in [1.54, 1.807) is 12.1 Å². The van der Waals surface area contributed by atoms with Gasteiger partial charge in [0.05, 0.1) is 31.5 Å². The fourth-order valence-electron chi connectivity index (χ4n) is 3.22. The van der Waals surface area contributed by atoms with Crippen molar-refractivity contribution in [2.75, 3.05) is 20.3 Å². The first kappa shape index (κ1) is 30.3. The lowest BCUT2D eigenvalue weighted by Gasteiger charge is -2.21. The highest BCUT2D eigenvalue weighted by molar-refractivity contribution is 5.90. The average molecular weight is 487 g/mol. The zero-order chi connectivity index (χ0) is 26.8. The van der Waals surface area contributed by atoms with Crippen LogP contribution in [0, 0.1) is 0 Å². The first-order valence-corrected chi connectivity index (χ1v) is 12.0. The molecule has 2 rings (SSSR count). The van der Waals surface area contributed by atoms with Crippen LogP contribution in [0.4, 0.5) is 0 Å². The van der Waals surface area contributed by atoms with Crippen LogP contribution in [0.2, 0.25) is 0 Å². The van der Waals surface area contributed by atoms with Crippen LogP contribution in [0.15, 0.2) is 36.4 Å². The van der Waals surface area contributed by atoms with Crippen LogP contribution in [0.25, 0.3) is 0 Å². The first-order valence-electron chi connectivity index (χ1n) is 12.0. The van der Waals surface area contributed by atoms with Gasteiger partial charge in [0.15, 0.2) is 0 Å². The van der Waals surface area contributed by atoms with E-state index in [2.05, 4.69) is 47.6 Å². The molecule has 0 aliphatic carbocycles. The molecule has 2 aromatic rings. The van der Waals surface area contributed by atoms with Crippen LogP contribution in [-0.4, -0.2) is 37.4 Å². The second kappa shape index (κ2) is 13.4. The van der Waals surface area contributed by atoms with E-state index in [-0.39, 0.29) is 16.8 Å². The van der Waals surface area contributed by atoms with E-state index in [0.29, 0.717) is 37.6 Å². The van der Waals surface area contributed by atoms with E-state index < -0.39 is 5.97 Å². The number of rotatable bonds is 8. The van der Waals surface area contributed by atoms with Gasteiger partial charge in [-0.2, -0.15) is 0 Å². The van der Waals surface area contributed by atoms with Crippen LogP contribution in [-0.2, 0) is 38.3 Å². The molecule has 2 aromatic carbocycles. The zero-order valence-corrected chi connectivity index (χ0v) is 22.8. The van der Waals surface area contributed by atoms with Gasteiger partial charge >= 0.3 is 11.9 Å². The molecule has 0 atom stereocenters. The van der Waals surface area contributed by atoms with Crippen LogP contribution >= 0.6 is 0 Å². The van der Waals surface area contributed by atoms with Gasteiger partial charge in [-0.25, -0.2) is 9.59 Å². The van der Waals surface area contributed by atoms with Crippen LogP contribution in [0.5, 0.6) is 0 Å². The van der Waals surface area contributed by atoms with Crippen LogP contribution < -0.4 is 0 Å². The molecule has 0 spiro atoms. The van der Waals surface area contributed by atoms with Crippen LogP contribution in [0.3, 0.4) is 0 Å². The molecule has 0 aliphatic heterocycles. The molecule has 0 aliphatic rings. The maximum absolute atomic E-state index is 11.7. The predicted molar refractivity (Wildman–Crippen MR) is 139 cm³/mol. The Labute approximate surface area is 210 Å². The van der Waals surface area contributed by atoms with Gasteiger partial charge in [-0.3, -0.25) is 0 Å². The van der Waals surface area contributed by atoms with Crippen molar-refractivity contribution in [1.29, 1.82) is 0 Å². The normalized spacial score (nSPS) is 11.5. The van der Waals surface area contributed by atoms with Gasteiger partial charge in [0, 0.05) is 13.2 Å². The molecular formula is C29H42O6. The summed E-state index contributed by atoms with van der Waals surface area (Å²) in [6, 6.07) is 11.2. The summed E-state index contributed by atoms with van der Waals surface area (Å²) < 4.78 is 15.5. The van der Waals surface area contributed by atoms with E-state index in [0.717, 1.165) is 22.3 Å². The molecule has 0 bridgehead atoms. The molecule has 0 aromatic heterocycles. The summed E-state index contributed by atoms with van der Waals surface area (Å²) in [6.07, 6.45) is 0. The predicted octanol–water partition coefficient (Wildman–Crippen LogP) is 6.53. The largest absolute Gasteiger partial charge is 0.478 e. The molecule has 0 unspecified atom stereocenters. The summed E-state index contributed by atoms with van der Waals surface area (Å²) in [4.78, 5) is 22.7. The minimum Gasteiger partial charge on any atom is -0.478 e. The third kappa shape index (κ3) is 10.2. The number of carboxylic acids is 1. The maximum atomic E-state index is 11.7. The lowest BCUT2D eigenvalue weighted by molar-refractivity contribution is 0.0599. The molecule has 0 saturated carbocycles. The average Bonchev–Trinajstić information content (AvgIpc) is 2.79. The van der Waals surface area contributed by atoms with E-state index in [9.17, 15) is 9.59 Å². The van der Waals surface area contributed by atoms with Gasteiger partial charge in [-0.1, -0.05) is 53.7 Å². The van der Waals surface area contributed by atoms with Crippen molar-refractivity contribution >= 4 is 11.9 Å². The number of carbonyl (C=O) groups is 2. The summed E-state index contributed by atoms with van der Waals surface area (Å²) in [5, 5.41) is 9.08. The fourth-order valence-corrected chi connectivity index (χ4v) is 3.22. The Kier molecular flexibility index (Phi) is 11.6. The first-order chi connectivity index (χ1) is 16.2. The quantitative estimate of drug-likeness (QED) is 0.427. The Balaban J connectivity index is 0.000000351. The van der Waals surface area contributed by atoms with Gasteiger partial charge < -0.3 is 19.3 Å². The van der Waals surface area contributed by atoms with Crippen molar-refractivity contribution in [3.63, 3.8) is 0 Å². The Morgan fingerprint density at radius 2 is 1.11 bits per heavy atom. The minimum atomic E-state index is -0.895. The van der Waals surface area contributed by atoms with Gasteiger partial charge in [0.2, 0.25) is 0 Å². The molecule has 0 fully saturated rings. The highest BCUT2D eigenvalue weighted by Gasteiger charge is 2.18. The Bertz CT molecular complexity index is 980. The van der Waals surface area contributed by atoms with Crippen molar-refractivity contribution in [2.24, 2.45) is 0 Å². The lowest BCUT2D eigenvalue weighted by atomic mass is 9.85. The van der Waals surface area contributed by atoms with E-state index in [4.69, 9.17) is 19.3 Å². The third-order valence-electron chi connectivity index (χ3n) is 5.33. The second-order valence-electron chi connectivity index (χ2n) is 10.4. The van der Waals surface area contributed by atoms with Gasteiger partial charge in [0.25, 0.3) is 0 Å². The molecule has 0 heterocycles. The van der Waals surface area contributed by atoms with Gasteiger partial charge in [0.1, 0.15) is 0 Å². The maximum Gasteiger partial charge on any atom is 0.337 e. The molecule has 6 nitrogen and oxygen atoms in total. The molecule has 194 valence electrons. The molecular weight excluding hydrogens is 444 g/mol. The van der Waals surface area contributed by atoms with E-state index in [1.165, 1.54) is 7.11 Å². The number of aromatic carboxylic acids is 1. The number of esters is 1. The Hall–Kier alpha value is -2.70. The van der Waals surface area contributed by atoms with E-state index in [1.807, 2.05) is 32.0 Å². The zero-order valence-electron chi connectivity index (χ0n) is 22.8. The number of carbonyl (C=O) groups excluding carboxylic acids is 1. The smallest absolute Gasteiger partial charge is 0.337 e. The number of hydrogen-bond acceptors (Lipinski definition) is 5. The number of methoxy groups -OCH3 is 1. The molecule has 35 heavy (non-hydrogen) atoms. The van der Waals surface area contributed by atoms with Crippen molar-refractivity contribution in [3.05, 3.63) is 69.8 Å². The number of benzene rings is 2. The summed E-state index contributed by atoms with van der Waals surface area (Å²) >= 11 is 0. The van der Waals surface area contributed by atoms with Gasteiger partial charge in [-0.05, 0) is 71.2 Å². The standard InChI is InChI=1S/C15H22O3.C14H20O3/c1-6-18-10-11-7-12(14(16)17-5)9-13(8-11)15(2,3)4;1-5-17-9-10-6-11(13(15)16)8-12(7-10)14(2,3)4/h7-9H,6,10H2,1-5H3;6-8H,5,9H2,1-4H3,(H,15,16). The van der Waals surface area contributed by atoms with Crippen molar-refractivity contribution in [1.82, 2.24) is 0 Å². The minimum absolute atomic E-state index is 0.00893. The Morgan fingerprint density at radius 1 is 0.714 bits per heavy atom.